The summed E-state index contributed by atoms with van der Waals surface area (Å²) in [6, 6.07) is 6.50. The fourth-order valence-electron chi connectivity index (χ4n) is 1.87. The number of hydrogen-bond donors (Lipinski definition) is 2. The molecule has 1 heterocycles. The third-order valence-corrected chi connectivity index (χ3v) is 4.49. The van der Waals surface area contributed by atoms with Crippen LogP contribution in [0.2, 0.25) is 10.0 Å². The van der Waals surface area contributed by atoms with Crippen LogP contribution >= 0.6 is 51.3 Å². The molecule has 2 aromatic rings. The average molecular weight is 449 g/mol. The summed E-state index contributed by atoms with van der Waals surface area (Å²) in [5.74, 6) is 0.235. The molecule has 126 valence electrons. The molecule has 0 unspecified atom stereocenters. The van der Waals surface area contributed by atoms with Crippen LogP contribution in [-0.2, 0) is 0 Å². The van der Waals surface area contributed by atoms with Crippen molar-refractivity contribution in [2.24, 2.45) is 0 Å². The van der Waals surface area contributed by atoms with Crippen LogP contribution in [0.5, 0.6) is 5.75 Å². The molecule has 0 saturated carbocycles. The lowest BCUT2D eigenvalue weighted by Gasteiger charge is -2.13. The number of rotatable bonds is 3. The molecule has 0 radical (unpaired) electrons. The number of anilines is 1. The predicted molar refractivity (Wildman–Crippen MR) is 103 cm³/mol. The largest absolute Gasteiger partial charge is 0.494 e. The highest BCUT2D eigenvalue weighted by atomic mass is 79.9. The van der Waals surface area contributed by atoms with Gasteiger partial charge in [0, 0.05) is 9.50 Å². The van der Waals surface area contributed by atoms with Crippen LogP contribution in [0, 0.1) is 6.92 Å². The highest BCUT2D eigenvalue weighted by Gasteiger charge is 2.18. The van der Waals surface area contributed by atoms with Crippen LogP contribution in [0.15, 0.2) is 28.7 Å². The zero-order valence-electron chi connectivity index (χ0n) is 12.6. The second-order valence-corrected chi connectivity index (χ2v) is 6.75. The van der Waals surface area contributed by atoms with E-state index in [1.807, 2.05) is 13.0 Å². The van der Waals surface area contributed by atoms with Crippen LogP contribution in [-0.4, -0.2) is 23.1 Å². The van der Waals surface area contributed by atoms with Crippen LogP contribution < -0.4 is 15.4 Å². The number of benzene rings is 1. The lowest BCUT2D eigenvalue weighted by atomic mass is 10.2. The maximum atomic E-state index is 12.4. The number of aromatic nitrogens is 1. The molecule has 9 heteroatoms. The third-order valence-electron chi connectivity index (χ3n) is 2.95. The second-order valence-electron chi connectivity index (χ2n) is 4.64. The number of hydrogen-bond acceptors (Lipinski definition) is 4. The average Bonchev–Trinajstić information content (AvgIpc) is 2.50. The number of carbonyl (C=O) groups is 1. The van der Waals surface area contributed by atoms with E-state index in [9.17, 15) is 4.79 Å². The van der Waals surface area contributed by atoms with Crippen molar-refractivity contribution in [2.45, 2.75) is 6.92 Å². The van der Waals surface area contributed by atoms with Gasteiger partial charge in [-0.2, -0.15) is 0 Å². The van der Waals surface area contributed by atoms with Gasteiger partial charge in [-0.25, -0.2) is 4.98 Å². The second kappa shape index (κ2) is 8.11. The first kappa shape index (κ1) is 18.9. The molecule has 0 aliphatic carbocycles. The number of amides is 1. The molecule has 1 aromatic carbocycles. The van der Waals surface area contributed by atoms with Crippen molar-refractivity contribution in [2.75, 3.05) is 12.4 Å². The van der Waals surface area contributed by atoms with Gasteiger partial charge in [0.05, 0.1) is 23.4 Å². The van der Waals surface area contributed by atoms with Gasteiger partial charge in [0.25, 0.3) is 5.91 Å². The van der Waals surface area contributed by atoms with Gasteiger partial charge in [-0.3, -0.25) is 10.1 Å². The Kier molecular flexibility index (Phi) is 6.40. The van der Waals surface area contributed by atoms with Crippen molar-refractivity contribution in [3.05, 3.63) is 50.0 Å². The summed E-state index contributed by atoms with van der Waals surface area (Å²) < 4.78 is 6.02. The summed E-state index contributed by atoms with van der Waals surface area (Å²) >= 11 is 20.5. The number of nitrogens with one attached hydrogen (secondary N) is 2. The molecule has 0 spiro atoms. The molecule has 0 aliphatic rings. The number of carbonyl (C=O) groups excluding carboxylic acids is 1. The standard InChI is InChI=1S/C15H12BrCl2N3O2S/c1-7-10(16)3-4-12(19-7)20-15(24)21-14(22)9-5-8(17)6-11(18)13(9)23-2/h3-6H,1-2H3,(H2,19,20,21,22,24). The first-order valence-electron chi connectivity index (χ1n) is 6.60. The summed E-state index contributed by atoms with van der Waals surface area (Å²) in [6.07, 6.45) is 0. The first-order valence-corrected chi connectivity index (χ1v) is 8.56. The molecule has 0 bridgehead atoms. The molecular weight excluding hydrogens is 437 g/mol. The molecule has 0 atom stereocenters. The van der Waals surface area contributed by atoms with Crippen LogP contribution in [0.3, 0.4) is 0 Å². The Morgan fingerprint density at radius 3 is 2.67 bits per heavy atom. The fraction of sp³-hybridized carbons (Fsp3) is 0.133. The number of nitrogens with zero attached hydrogens (tertiary/aromatic N) is 1. The molecule has 0 saturated heterocycles. The summed E-state index contributed by atoms with van der Waals surface area (Å²) in [5, 5.41) is 6.02. The molecule has 5 nitrogen and oxygen atoms in total. The van der Waals surface area contributed by atoms with Gasteiger partial charge in [0.15, 0.2) is 5.11 Å². The van der Waals surface area contributed by atoms with Gasteiger partial charge in [0.1, 0.15) is 11.6 Å². The maximum Gasteiger partial charge on any atom is 0.261 e. The van der Waals surface area contributed by atoms with E-state index in [0.717, 1.165) is 10.2 Å². The maximum absolute atomic E-state index is 12.4. The number of ether oxygens (including phenoxy) is 1. The Morgan fingerprint density at radius 1 is 1.33 bits per heavy atom. The lowest BCUT2D eigenvalue weighted by molar-refractivity contribution is 0.0975. The van der Waals surface area contributed by atoms with E-state index in [2.05, 4.69) is 31.5 Å². The molecule has 1 amide bonds. The molecule has 1 aromatic heterocycles. The molecule has 2 N–H and O–H groups in total. The highest BCUT2D eigenvalue weighted by Crippen LogP contribution is 2.32. The van der Waals surface area contributed by atoms with Crippen molar-refractivity contribution >= 4 is 68.2 Å². The summed E-state index contributed by atoms with van der Waals surface area (Å²) in [5.41, 5.74) is 0.969. The van der Waals surface area contributed by atoms with Crippen molar-refractivity contribution in [3.8, 4) is 5.75 Å². The number of halogens is 3. The normalized spacial score (nSPS) is 10.2. The van der Waals surface area contributed by atoms with Crippen molar-refractivity contribution in [1.82, 2.24) is 10.3 Å². The highest BCUT2D eigenvalue weighted by molar-refractivity contribution is 9.10. The molecule has 2 rings (SSSR count). The minimum absolute atomic E-state index is 0.0902. The minimum Gasteiger partial charge on any atom is -0.494 e. The summed E-state index contributed by atoms with van der Waals surface area (Å²) in [6.45, 7) is 1.84. The number of thiocarbonyl (C=S) groups is 1. The summed E-state index contributed by atoms with van der Waals surface area (Å²) in [7, 11) is 1.41. The summed E-state index contributed by atoms with van der Waals surface area (Å²) in [4.78, 5) is 16.7. The van der Waals surface area contributed by atoms with Gasteiger partial charge in [-0.15, -0.1) is 0 Å². The molecule has 0 aliphatic heterocycles. The van der Waals surface area contributed by atoms with E-state index in [4.69, 9.17) is 40.2 Å². The van der Waals surface area contributed by atoms with Gasteiger partial charge in [0.2, 0.25) is 0 Å². The van der Waals surface area contributed by atoms with E-state index in [0.29, 0.717) is 10.8 Å². The van der Waals surface area contributed by atoms with E-state index in [1.165, 1.54) is 19.2 Å². The molecular formula is C15H12BrCl2N3O2S. The zero-order valence-corrected chi connectivity index (χ0v) is 16.5. The smallest absolute Gasteiger partial charge is 0.261 e. The lowest BCUT2D eigenvalue weighted by Crippen LogP contribution is -2.34. The van der Waals surface area contributed by atoms with E-state index in [-0.39, 0.29) is 21.4 Å². The Balaban J connectivity index is 2.14. The topological polar surface area (TPSA) is 63.2 Å². The molecule has 0 fully saturated rings. The van der Waals surface area contributed by atoms with Gasteiger partial charge in [-0.1, -0.05) is 23.2 Å². The Bertz CT molecular complexity index is 818. The number of methoxy groups -OCH3 is 1. The minimum atomic E-state index is -0.498. The number of aryl methyl sites for hydroxylation is 1. The Hall–Kier alpha value is -1.41. The quantitative estimate of drug-likeness (QED) is 0.672. The Labute approximate surface area is 162 Å². The Morgan fingerprint density at radius 2 is 2.04 bits per heavy atom. The fourth-order valence-corrected chi connectivity index (χ4v) is 2.86. The number of pyridine rings is 1. The van der Waals surface area contributed by atoms with Crippen molar-refractivity contribution in [1.29, 1.82) is 0 Å². The predicted octanol–water partition coefficient (Wildman–Crippen LogP) is 4.59. The van der Waals surface area contributed by atoms with Gasteiger partial charge < -0.3 is 10.1 Å². The van der Waals surface area contributed by atoms with E-state index < -0.39 is 5.91 Å². The van der Waals surface area contributed by atoms with Gasteiger partial charge in [-0.05, 0) is 59.3 Å². The zero-order chi connectivity index (χ0) is 17.9. The SMILES string of the molecule is COc1c(Cl)cc(Cl)cc1C(=O)NC(=S)Nc1ccc(Br)c(C)n1. The van der Waals surface area contributed by atoms with Crippen LogP contribution in [0.4, 0.5) is 5.82 Å². The molecule has 24 heavy (non-hydrogen) atoms. The van der Waals surface area contributed by atoms with E-state index in [1.54, 1.807) is 6.07 Å². The van der Waals surface area contributed by atoms with Crippen LogP contribution in [0.1, 0.15) is 16.1 Å². The van der Waals surface area contributed by atoms with Crippen molar-refractivity contribution in [3.63, 3.8) is 0 Å². The first-order chi connectivity index (χ1) is 11.3. The van der Waals surface area contributed by atoms with Gasteiger partial charge >= 0.3 is 0 Å². The third kappa shape index (κ3) is 4.57. The monoisotopic (exact) mass is 447 g/mol. The van der Waals surface area contributed by atoms with Crippen molar-refractivity contribution < 1.29 is 9.53 Å². The van der Waals surface area contributed by atoms with Crippen LogP contribution in [0.25, 0.3) is 0 Å². The van der Waals surface area contributed by atoms with E-state index >= 15 is 0 Å².